The van der Waals surface area contributed by atoms with E-state index >= 15 is 0 Å². The highest BCUT2D eigenvalue weighted by atomic mass is 32.2. The minimum absolute atomic E-state index is 0.00651. The molecule has 1 amide bonds. The molecule has 0 atom stereocenters. The van der Waals surface area contributed by atoms with Crippen molar-refractivity contribution in [3.8, 4) is 5.75 Å². The highest BCUT2D eigenvalue weighted by Crippen LogP contribution is 2.14. The summed E-state index contributed by atoms with van der Waals surface area (Å²) in [4.78, 5) is 25.0. The molecule has 1 aliphatic rings. The van der Waals surface area contributed by atoms with E-state index in [-0.39, 0.29) is 42.9 Å². The standard InChI is InChI=1S/C15H19NO5S/c1-2-14(17)12-3-5-13(6-4-12)21-11-15(18)16-7-9-22(19,20)10-8-16/h3-6H,2,7-11H2,1H3. The van der Waals surface area contributed by atoms with Crippen molar-refractivity contribution in [1.29, 1.82) is 0 Å². The van der Waals surface area contributed by atoms with Crippen LogP contribution in [0, 0.1) is 0 Å². The summed E-state index contributed by atoms with van der Waals surface area (Å²) in [6.45, 7) is 2.09. The maximum Gasteiger partial charge on any atom is 0.260 e. The molecular formula is C15H19NO5S. The van der Waals surface area contributed by atoms with E-state index in [9.17, 15) is 18.0 Å². The highest BCUT2D eigenvalue weighted by Gasteiger charge is 2.25. The third-order valence-electron chi connectivity index (χ3n) is 3.56. The summed E-state index contributed by atoms with van der Waals surface area (Å²) in [5.41, 5.74) is 0.613. The second-order valence-corrected chi connectivity index (χ2v) is 7.43. The predicted octanol–water partition coefficient (Wildman–Crippen LogP) is 0.915. The smallest absolute Gasteiger partial charge is 0.260 e. The zero-order chi connectivity index (χ0) is 16.2. The highest BCUT2D eigenvalue weighted by molar-refractivity contribution is 7.91. The third-order valence-corrected chi connectivity index (χ3v) is 5.17. The molecule has 0 aromatic heterocycles. The van der Waals surface area contributed by atoms with Crippen molar-refractivity contribution in [1.82, 2.24) is 4.90 Å². The first-order valence-corrected chi connectivity index (χ1v) is 8.97. The molecule has 1 aromatic carbocycles. The lowest BCUT2D eigenvalue weighted by molar-refractivity contribution is -0.133. The average molecular weight is 325 g/mol. The third kappa shape index (κ3) is 4.30. The number of ketones is 1. The summed E-state index contributed by atoms with van der Waals surface area (Å²) in [7, 11) is -3.00. The zero-order valence-electron chi connectivity index (χ0n) is 12.4. The Bertz CT molecular complexity index is 637. The first kappa shape index (κ1) is 16.5. The number of amides is 1. The van der Waals surface area contributed by atoms with E-state index in [4.69, 9.17) is 4.74 Å². The number of benzene rings is 1. The van der Waals surface area contributed by atoms with Crippen molar-refractivity contribution < 1.29 is 22.7 Å². The van der Waals surface area contributed by atoms with Crippen molar-refractivity contribution in [3.63, 3.8) is 0 Å². The van der Waals surface area contributed by atoms with Crippen LogP contribution in [0.5, 0.6) is 5.75 Å². The van der Waals surface area contributed by atoms with Gasteiger partial charge < -0.3 is 9.64 Å². The van der Waals surface area contributed by atoms with Crippen LogP contribution in [0.15, 0.2) is 24.3 Å². The first-order chi connectivity index (χ1) is 10.4. The number of carbonyl (C=O) groups excluding carboxylic acids is 2. The molecule has 1 heterocycles. The van der Waals surface area contributed by atoms with E-state index in [1.54, 1.807) is 31.2 Å². The molecule has 1 aliphatic heterocycles. The number of ether oxygens (including phenoxy) is 1. The van der Waals surface area contributed by atoms with Gasteiger partial charge in [0.1, 0.15) is 5.75 Å². The molecule has 0 N–H and O–H groups in total. The number of carbonyl (C=O) groups is 2. The van der Waals surface area contributed by atoms with Crippen LogP contribution in [0.1, 0.15) is 23.7 Å². The van der Waals surface area contributed by atoms with Gasteiger partial charge in [-0.15, -0.1) is 0 Å². The zero-order valence-corrected chi connectivity index (χ0v) is 13.3. The molecule has 0 bridgehead atoms. The molecular weight excluding hydrogens is 306 g/mol. The molecule has 2 rings (SSSR count). The number of hydrogen-bond donors (Lipinski definition) is 0. The van der Waals surface area contributed by atoms with Gasteiger partial charge >= 0.3 is 0 Å². The summed E-state index contributed by atoms with van der Waals surface area (Å²) in [5.74, 6) is 0.338. The van der Waals surface area contributed by atoms with Gasteiger partial charge in [-0.2, -0.15) is 0 Å². The fraction of sp³-hybridized carbons (Fsp3) is 0.467. The van der Waals surface area contributed by atoms with Crippen LogP contribution < -0.4 is 4.74 Å². The normalized spacial score (nSPS) is 17.0. The Labute approximate surface area is 130 Å². The summed E-state index contributed by atoms with van der Waals surface area (Å²) in [6.07, 6.45) is 0.441. The lowest BCUT2D eigenvalue weighted by Gasteiger charge is -2.26. The van der Waals surface area contributed by atoms with E-state index < -0.39 is 9.84 Å². The van der Waals surface area contributed by atoms with Gasteiger partial charge in [-0.1, -0.05) is 6.92 Å². The number of Topliss-reactive ketones (excluding diaryl/α,β-unsaturated/α-hetero) is 1. The van der Waals surface area contributed by atoms with Crippen LogP contribution in [-0.2, 0) is 14.6 Å². The molecule has 1 fully saturated rings. The summed E-state index contributed by atoms with van der Waals surface area (Å²) < 4.78 is 28.0. The van der Waals surface area contributed by atoms with E-state index in [0.29, 0.717) is 17.7 Å². The van der Waals surface area contributed by atoms with Gasteiger partial charge in [0, 0.05) is 25.1 Å². The van der Waals surface area contributed by atoms with E-state index in [0.717, 1.165) is 0 Å². The van der Waals surface area contributed by atoms with E-state index in [2.05, 4.69) is 0 Å². The van der Waals surface area contributed by atoms with Crippen LogP contribution in [0.25, 0.3) is 0 Å². The molecule has 0 saturated carbocycles. The molecule has 7 heteroatoms. The van der Waals surface area contributed by atoms with Gasteiger partial charge in [0.05, 0.1) is 11.5 Å². The maximum absolute atomic E-state index is 12.0. The molecule has 0 unspecified atom stereocenters. The quantitative estimate of drug-likeness (QED) is 0.752. The molecule has 6 nitrogen and oxygen atoms in total. The first-order valence-electron chi connectivity index (χ1n) is 7.15. The number of rotatable bonds is 5. The van der Waals surface area contributed by atoms with Crippen molar-refractivity contribution >= 4 is 21.5 Å². The Kier molecular flexibility index (Phi) is 5.18. The Morgan fingerprint density at radius 3 is 2.27 bits per heavy atom. The maximum atomic E-state index is 12.0. The molecule has 0 spiro atoms. The summed E-state index contributed by atoms with van der Waals surface area (Å²) in [6, 6.07) is 6.63. The largest absolute Gasteiger partial charge is 0.484 e. The van der Waals surface area contributed by atoms with Gasteiger partial charge in [-0.3, -0.25) is 9.59 Å². The van der Waals surface area contributed by atoms with E-state index in [1.165, 1.54) is 4.90 Å². The molecule has 1 saturated heterocycles. The van der Waals surface area contributed by atoms with Crippen LogP contribution in [0.2, 0.25) is 0 Å². The lowest BCUT2D eigenvalue weighted by atomic mass is 10.1. The molecule has 1 aromatic rings. The molecule has 0 radical (unpaired) electrons. The number of hydrogen-bond acceptors (Lipinski definition) is 5. The minimum atomic E-state index is -3.00. The second kappa shape index (κ2) is 6.91. The topological polar surface area (TPSA) is 80.8 Å². The van der Waals surface area contributed by atoms with Crippen LogP contribution in [0.4, 0.5) is 0 Å². The average Bonchev–Trinajstić information content (AvgIpc) is 2.52. The van der Waals surface area contributed by atoms with Crippen LogP contribution in [0.3, 0.4) is 0 Å². The monoisotopic (exact) mass is 325 g/mol. The summed E-state index contributed by atoms with van der Waals surface area (Å²) in [5, 5.41) is 0. The van der Waals surface area contributed by atoms with E-state index in [1.807, 2.05) is 0 Å². The number of sulfone groups is 1. The van der Waals surface area contributed by atoms with Crippen molar-refractivity contribution in [2.75, 3.05) is 31.2 Å². The predicted molar refractivity (Wildman–Crippen MR) is 81.8 cm³/mol. The Morgan fingerprint density at radius 1 is 1.14 bits per heavy atom. The van der Waals surface area contributed by atoms with Gasteiger partial charge in [0.25, 0.3) is 5.91 Å². The minimum Gasteiger partial charge on any atom is -0.484 e. The Morgan fingerprint density at radius 2 is 1.73 bits per heavy atom. The number of nitrogens with zero attached hydrogens (tertiary/aromatic N) is 1. The van der Waals surface area contributed by atoms with Crippen molar-refractivity contribution in [2.24, 2.45) is 0 Å². The molecule has 22 heavy (non-hydrogen) atoms. The van der Waals surface area contributed by atoms with Gasteiger partial charge in [-0.05, 0) is 24.3 Å². The molecule has 0 aliphatic carbocycles. The van der Waals surface area contributed by atoms with Gasteiger partial charge in [0.15, 0.2) is 22.2 Å². The van der Waals surface area contributed by atoms with Gasteiger partial charge in [-0.25, -0.2) is 8.42 Å². The van der Waals surface area contributed by atoms with Crippen LogP contribution in [-0.4, -0.2) is 56.2 Å². The SMILES string of the molecule is CCC(=O)c1ccc(OCC(=O)N2CCS(=O)(=O)CC2)cc1. The molecule has 120 valence electrons. The van der Waals surface area contributed by atoms with Crippen molar-refractivity contribution in [3.05, 3.63) is 29.8 Å². The summed E-state index contributed by atoms with van der Waals surface area (Å²) >= 11 is 0. The van der Waals surface area contributed by atoms with Gasteiger partial charge in [0.2, 0.25) is 0 Å². The fourth-order valence-electron chi connectivity index (χ4n) is 2.14. The lowest BCUT2D eigenvalue weighted by Crippen LogP contribution is -2.45. The Hall–Kier alpha value is -1.89. The fourth-order valence-corrected chi connectivity index (χ4v) is 3.34. The van der Waals surface area contributed by atoms with Crippen molar-refractivity contribution in [2.45, 2.75) is 13.3 Å². The van der Waals surface area contributed by atoms with Crippen LogP contribution >= 0.6 is 0 Å². The Balaban J connectivity index is 1.85. The second-order valence-electron chi connectivity index (χ2n) is 5.12.